The highest BCUT2D eigenvalue weighted by Crippen LogP contribution is 2.21. The lowest BCUT2D eigenvalue weighted by Gasteiger charge is -2.22. The fraction of sp³-hybridized carbons (Fsp3) is 0.588. The molecule has 1 aromatic carbocycles. The van der Waals surface area contributed by atoms with Crippen LogP contribution < -0.4 is 10.6 Å². The Bertz CT molecular complexity index is 431. The third-order valence-electron chi connectivity index (χ3n) is 3.78. The van der Waals surface area contributed by atoms with Gasteiger partial charge in [-0.1, -0.05) is 25.8 Å². The second-order valence-electron chi connectivity index (χ2n) is 5.39. The summed E-state index contributed by atoms with van der Waals surface area (Å²) in [6.07, 6.45) is 4.54. The molecule has 0 saturated carbocycles. The van der Waals surface area contributed by atoms with Gasteiger partial charge in [0.1, 0.15) is 5.82 Å². The van der Waals surface area contributed by atoms with E-state index in [-0.39, 0.29) is 11.7 Å². The maximum Gasteiger partial charge on any atom is 0.226 e. The molecular weight excluding hydrogens is 267 g/mol. The lowest BCUT2D eigenvalue weighted by molar-refractivity contribution is -0.118. The summed E-state index contributed by atoms with van der Waals surface area (Å²) in [6.45, 7) is 5.28. The summed E-state index contributed by atoms with van der Waals surface area (Å²) in [4.78, 5) is 14.0. The molecule has 1 amide bonds. The Morgan fingerprint density at radius 2 is 2.05 bits per heavy atom. The van der Waals surface area contributed by atoms with E-state index < -0.39 is 0 Å². The summed E-state index contributed by atoms with van der Waals surface area (Å²) in [5.74, 6) is 0.252. The van der Waals surface area contributed by atoms with Crippen LogP contribution in [0.4, 0.5) is 10.1 Å². The van der Waals surface area contributed by atoms with Crippen LogP contribution in [0.3, 0.4) is 0 Å². The minimum Gasteiger partial charge on any atom is -0.330 e. The number of hydrogen-bond donors (Lipinski definition) is 1. The van der Waals surface area contributed by atoms with Crippen molar-refractivity contribution >= 4 is 11.6 Å². The van der Waals surface area contributed by atoms with E-state index in [4.69, 9.17) is 5.73 Å². The number of carbonyl (C=O) groups excluding carboxylic acids is 1. The number of rotatable bonds is 9. The molecule has 1 aromatic rings. The molecule has 0 aromatic heterocycles. The van der Waals surface area contributed by atoms with Gasteiger partial charge in [0.05, 0.1) is 0 Å². The number of anilines is 1. The SMILES string of the molecule is CCCC(CCN)CCC(=O)N(CC)c1cccc(F)c1. The lowest BCUT2D eigenvalue weighted by Crippen LogP contribution is -2.31. The first-order valence-corrected chi connectivity index (χ1v) is 7.88. The van der Waals surface area contributed by atoms with Gasteiger partial charge in [0.2, 0.25) is 5.91 Å². The second kappa shape index (κ2) is 9.50. The van der Waals surface area contributed by atoms with E-state index in [2.05, 4.69) is 6.92 Å². The summed E-state index contributed by atoms with van der Waals surface area (Å²) >= 11 is 0. The Kier molecular flexibility index (Phi) is 7.98. The number of amides is 1. The van der Waals surface area contributed by atoms with Crippen LogP contribution in [-0.2, 0) is 4.79 Å². The quantitative estimate of drug-likeness (QED) is 0.754. The van der Waals surface area contributed by atoms with Crippen LogP contribution in [0.1, 0.15) is 46.0 Å². The van der Waals surface area contributed by atoms with E-state index in [0.29, 0.717) is 31.1 Å². The minimum absolute atomic E-state index is 0.0567. The Labute approximate surface area is 127 Å². The van der Waals surface area contributed by atoms with E-state index in [1.165, 1.54) is 12.1 Å². The Morgan fingerprint density at radius 3 is 2.62 bits per heavy atom. The van der Waals surface area contributed by atoms with Crippen LogP contribution in [-0.4, -0.2) is 19.0 Å². The van der Waals surface area contributed by atoms with Gasteiger partial charge in [-0.25, -0.2) is 4.39 Å². The van der Waals surface area contributed by atoms with Crippen molar-refractivity contribution in [2.75, 3.05) is 18.0 Å². The third-order valence-corrected chi connectivity index (χ3v) is 3.78. The van der Waals surface area contributed by atoms with Crippen molar-refractivity contribution in [3.05, 3.63) is 30.1 Å². The molecule has 0 saturated heterocycles. The molecule has 1 unspecified atom stereocenters. The fourth-order valence-electron chi connectivity index (χ4n) is 2.69. The van der Waals surface area contributed by atoms with Crippen molar-refractivity contribution in [3.8, 4) is 0 Å². The highest BCUT2D eigenvalue weighted by Gasteiger charge is 2.16. The minimum atomic E-state index is -0.314. The number of hydrogen-bond acceptors (Lipinski definition) is 2. The van der Waals surface area contributed by atoms with Gasteiger partial charge in [-0.3, -0.25) is 4.79 Å². The predicted molar refractivity (Wildman–Crippen MR) is 85.7 cm³/mol. The molecule has 1 atom stereocenters. The smallest absolute Gasteiger partial charge is 0.226 e. The zero-order chi connectivity index (χ0) is 15.7. The maximum absolute atomic E-state index is 13.3. The topological polar surface area (TPSA) is 46.3 Å². The van der Waals surface area contributed by atoms with Gasteiger partial charge >= 0.3 is 0 Å². The van der Waals surface area contributed by atoms with E-state index >= 15 is 0 Å². The zero-order valence-corrected chi connectivity index (χ0v) is 13.1. The van der Waals surface area contributed by atoms with Crippen molar-refractivity contribution in [2.45, 2.75) is 46.0 Å². The van der Waals surface area contributed by atoms with Gasteiger partial charge in [0.15, 0.2) is 0 Å². The van der Waals surface area contributed by atoms with E-state index in [1.54, 1.807) is 17.0 Å². The molecule has 0 fully saturated rings. The number of halogens is 1. The number of benzene rings is 1. The molecule has 0 bridgehead atoms. The predicted octanol–water partition coefficient (Wildman–Crippen LogP) is 3.72. The van der Waals surface area contributed by atoms with Crippen molar-refractivity contribution in [3.63, 3.8) is 0 Å². The first-order valence-electron chi connectivity index (χ1n) is 7.88. The van der Waals surface area contributed by atoms with E-state index in [9.17, 15) is 9.18 Å². The van der Waals surface area contributed by atoms with Gasteiger partial charge in [0.25, 0.3) is 0 Å². The normalized spacial score (nSPS) is 12.2. The summed E-state index contributed by atoms with van der Waals surface area (Å²) < 4.78 is 13.3. The molecule has 2 N–H and O–H groups in total. The Balaban J connectivity index is 2.62. The average Bonchev–Trinajstić information content (AvgIpc) is 2.46. The molecule has 0 aliphatic heterocycles. The van der Waals surface area contributed by atoms with Crippen LogP contribution in [0.2, 0.25) is 0 Å². The lowest BCUT2D eigenvalue weighted by atomic mass is 9.94. The summed E-state index contributed by atoms with van der Waals surface area (Å²) in [7, 11) is 0. The molecule has 21 heavy (non-hydrogen) atoms. The number of nitrogens with zero attached hydrogens (tertiary/aromatic N) is 1. The van der Waals surface area contributed by atoms with Crippen LogP contribution in [0.25, 0.3) is 0 Å². The zero-order valence-electron chi connectivity index (χ0n) is 13.1. The van der Waals surface area contributed by atoms with Gasteiger partial charge in [-0.2, -0.15) is 0 Å². The molecule has 0 spiro atoms. The van der Waals surface area contributed by atoms with Crippen molar-refractivity contribution in [1.82, 2.24) is 0 Å². The van der Waals surface area contributed by atoms with Crippen LogP contribution >= 0.6 is 0 Å². The highest BCUT2D eigenvalue weighted by atomic mass is 19.1. The molecule has 4 heteroatoms. The Morgan fingerprint density at radius 1 is 1.29 bits per heavy atom. The van der Waals surface area contributed by atoms with Gasteiger partial charge < -0.3 is 10.6 Å². The Hall–Kier alpha value is -1.42. The molecule has 0 radical (unpaired) electrons. The largest absolute Gasteiger partial charge is 0.330 e. The summed E-state index contributed by atoms with van der Waals surface area (Å²) in [6, 6.07) is 6.20. The summed E-state index contributed by atoms with van der Waals surface area (Å²) in [5, 5.41) is 0. The van der Waals surface area contributed by atoms with E-state index in [0.717, 1.165) is 25.7 Å². The third kappa shape index (κ3) is 5.84. The van der Waals surface area contributed by atoms with Crippen LogP contribution in [0.15, 0.2) is 24.3 Å². The first kappa shape index (κ1) is 17.6. The van der Waals surface area contributed by atoms with Crippen LogP contribution in [0, 0.1) is 11.7 Å². The molecule has 0 aliphatic rings. The highest BCUT2D eigenvalue weighted by molar-refractivity contribution is 5.93. The van der Waals surface area contributed by atoms with E-state index in [1.807, 2.05) is 6.92 Å². The first-order chi connectivity index (χ1) is 10.1. The second-order valence-corrected chi connectivity index (χ2v) is 5.39. The average molecular weight is 294 g/mol. The number of nitrogens with two attached hydrogens (primary N) is 1. The molecule has 0 heterocycles. The summed E-state index contributed by atoms with van der Waals surface area (Å²) in [5.41, 5.74) is 6.26. The van der Waals surface area contributed by atoms with Crippen molar-refractivity contribution in [1.29, 1.82) is 0 Å². The van der Waals surface area contributed by atoms with Crippen molar-refractivity contribution < 1.29 is 9.18 Å². The molecule has 3 nitrogen and oxygen atoms in total. The molecule has 0 aliphatic carbocycles. The fourth-order valence-corrected chi connectivity index (χ4v) is 2.69. The van der Waals surface area contributed by atoms with Gasteiger partial charge in [0, 0.05) is 18.7 Å². The molecule has 118 valence electrons. The van der Waals surface area contributed by atoms with Crippen LogP contribution in [0.5, 0.6) is 0 Å². The molecule has 1 rings (SSSR count). The van der Waals surface area contributed by atoms with Gasteiger partial charge in [-0.15, -0.1) is 0 Å². The van der Waals surface area contributed by atoms with Gasteiger partial charge in [-0.05, 0) is 50.4 Å². The monoisotopic (exact) mass is 294 g/mol. The molecular formula is C17H27FN2O. The standard InChI is InChI=1S/C17H27FN2O/c1-3-6-14(11-12-19)9-10-17(21)20(4-2)16-8-5-7-15(18)13-16/h5,7-8,13-14H,3-4,6,9-12,19H2,1-2H3. The maximum atomic E-state index is 13.3. The van der Waals surface area contributed by atoms with Crippen molar-refractivity contribution in [2.24, 2.45) is 11.7 Å². The number of carbonyl (C=O) groups is 1.